The highest BCUT2D eigenvalue weighted by Crippen LogP contribution is 2.30. The monoisotopic (exact) mass is 392 g/mol. The lowest BCUT2D eigenvalue weighted by atomic mass is 10.2. The standard InChI is InChI=1S/C22H20N2O5/c1-28-17-10-12-18(13-11-17)29-20-5-3-2-4-19(20)24-21(26)14-23-22(27)15-6-8-16(25)9-7-15/h2-13,25H,14H2,1H3,(H,23,27)(H,24,26). The van der Waals surface area contributed by atoms with Crippen molar-refractivity contribution in [3.63, 3.8) is 0 Å². The molecule has 7 nitrogen and oxygen atoms in total. The number of anilines is 1. The summed E-state index contributed by atoms with van der Waals surface area (Å²) in [4.78, 5) is 24.3. The number of methoxy groups -OCH3 is 1. The van der Waals surface area contributed by atoms with Gasteiger partial charge >= 0.3 is 0 Å². The van der Waals surface area contributed by atoms with Crippen LogP contribution in [-0.2, 0) is 4.79 Å². The first kappa shape index (κ1) is 19.8. The highest BCUT2D eigenvalue weighted by Gasteiger charge is 2.11. The molecule has 3 aromatic rings. The van der Waals surface area contributed by atoms with Crippen LogP contribution in [0, 0.1) is 0 Å². The Kier molecular flexibility index (Phi) is 6.32. The summed E-state index contributed by atoms with van der Waals surface area (Å²) in [5.74, 6) is 1.02. The predicted octanol–water partition coefficient (Wildman–Crippen LogP) is 3.56. The van der Waals surface area contributed by atoms with Gasteiger partial charge in [0.15, 0.2) is 5.75 Å². The fraction of sp³-hybridized carbons (Fsp3) is 0.0909. The normalized spacial score (nSPS) is 10.1. The van der Waals surface area contributed by atoms with Gasteiger partial charge in [0.25, 0.3) is 5.91 Å². The molecule has 0 saturated carbocycles. The summed E-state index contributed by atoms with van der Waals surface area (Å²) in [6.45, 7) is -0.212. The molecular formula is C22H20N2O5. The average molecular weight is 392 g/mol. The molecule has 0 saturated heterocycles. The number of ether oxygens (including phenoxy) is 2. The fourth-order valence-electron chi connectivity index (χ4n) is 2.50. The molecule has 0 aliphatic carbocycles. The molecule has 0 unspecified atom stereocenters. The van der Waals surface area contributed by atoms with Crippen molar-refractivity contribution in [2.75, 3.05) is 19.0 Å². The summed E-state index contributed by atoms with van der Waals surface area (Å²) in [5.41, 5.74) is 0.825. The van der Waals surface area contributed by atoms with Crippen molar-refractivity contribution >= 4 is 17.5 Å². The number of benzene rings is 3. The van der Waals surface area contributed by atoms with Crippen LogP contribution in [0.2, 0.25) is 0 Å². The number of carbonyl (C=O) groups excluding carboxylic acids is 2. The average Bonchev–Trinajstić information content (AvgIpc) is 2.74. The van der Waals surface area contributed by atoms with Crippen LogP contribution in [0.5, 0.6) is 23.0 Å². The number of nitrogens with one attached hydrogen (secondary N) is 2. The first-order chi connectivity index (χ1) is 14.0. The number of phenols is 1. The van der Waals surface area contributed by atoms with E-state index in [0.29, 0.717) is 28.5 Å². The third-order valence-electron chi connectivity index (χ3n) is 3.99. The number of hydrogen-bond donors (Lipinski definition) is 3. The van der Waals surface area contributed by atoms with Gasteiger partial charge in [-0.1, -0.05) is 12.1 Å². The quantitative estimate of drug-likeness (QED) is 0.571. The van der Waals surface area contributed by atoms with Gasteiger partial charge in [0.1, 0.15) is 17.2 Å². The third-order valence-corrected chi connectivity index (χ3v) is 3.99. The van der Waals surface area contributed by atoms with E-state index in [4.69, 9.17) is 9.47 Å². The van der Waals surface area contributed by atoms with Crippen molar-refractivity contribution in [1.29, 1.82) is 0 Å². The van der Waals surface area contributed by atoms with Gasteiger partial charge in [0.05, 0.1) is 19.3 Å². The number of rotatable bonds is 7. The first-order valence-corrected chi connectivity index (χ1v) is 8.83. The van der Waals surface area contributed by atoms with E-state index in [-0.39, 0.29) is 12.3 Å². The number of aromatic hydroxyl groups is 1. The van der Waals surface area contributed by atoms with Gasteiger partial charge in [-0.25, -0.2) is 0 Å². The highest BCUT2D eigenvalue weighted by molar-refractivity contribution is 5.99. The first-order valence-electron chi connectivity index (χ1n) is 8.83. The van der Waals surface area contributed by atoms with Crippen molar-refractivity contribution in [2.45, 2.75) is 0 Å². The van der Waals surface area contributed by atoms with Crippen LogP contribution in [0.3, 0.4) is 0 Å². The molecule has 7 heteroatoms. The summed E-state index contributed by atoms with van der Waals surface area (Å²) >= 11 is 0. The maximum Gasteiger partial charge on any atom is 0.251 e. The number of hydrogen-bond acceptors (Lipinski definition) is 5. The molecule has 3 N–H and O–H groups in total. The molecule has 0 bridgehead atoms. The minimum absolute atomic E-state index is 0.0627. The maximum atomic E-state index is 12.3. The third kappa shape index (κ3) is 5.49. The van der Waals surface area contributed by atoms with Crippen LogP contribution < -0.4 is 20.1 Å². The number of amides is 2. The van der Waals surface area contributed by atoms with E-state index in [9.17, 15) is 14.7 Å². The lowest BCUT2D eigenvalue weighted by Crippen LogP contribution is -2.32. The molecule has 0 spiro atoms. The van der Waals surface area contributed by atoms with Crippen molar-refractivity contribution in [3.8, 4) is 23.0 Å². The lowest BCUT2D eigenvalue weighted by molar-refractivity contribution is -0.115. The molecule has 0 aromatic heterocycles. The second-order valence-corrected chi connectivity index (χ2v) is 6.05. The zero-order valence-corrected chi connectivity index (χ0v) is 15.7. The molecule has 3 rings (SSSR count). The van der Waals surface area contributed by atoms with E-state index in [1.165, 1.54) is 24.3 Å². The van der Waals surface area contributed by atoms with Gasteiger partial charge in [0.2, 0.25) is 5.91 Å². The van der Waals surface area contributed by atoms with Gasteiger partial charge in [-0.15, -0.1) is 0 Å². The van der Waals surface area contributed by atoms with Gasteiger partial charge in [0, 0.05) is 5.56 Å². The Morgan fingerprint density at radius 3 is 2.24 bits per heavy atom. The largest absolute Gasteiger partial charge is 0.508 e. The molecule has 29 heavy (non-hydrogen) atoms. The van der Waals surface area contributed by atoms with Crippen LogP contribution in [0.1, 0.15) is 10.4 Å². The molecule has 0 aliphatic heterocycles. The Morgan fingerprint density at radius 1 is 0.897 bits per heavy atom. The minimum Gasteiger partial charge on any atom is -0.508 e. The molecule has 0 radical (unpaired) electrons. The number of carbonyl (C=O) groups is 2. The predicted molar refractivity (Wildman–Crippen MR) is 109 cm³/mol. The second kappa shape index (κ2) is 9.27. The van der Waals surface area contributed by atoms with E-state index in [0.717, 1.165) is 0 Å². The van der Waals surface area contributed by atoms with Gasteiger partial charge in [-0.05, 0) is 60.7 Å². The summed E-state index contributed by atoms with van der Waals surface area (Å²) in [6.07, 6.45) is 0. The molecule has 0 fully saturated rings. The Bertz CT molecular complexity index is 985. The summed E-state index contributed by atoms with van der Waals surface area (Å²) in [7, 11) is 1.58. The SMILES string of the molecule is COc1ccc(Oc2ccccc2NC(=O)CNC(=O)c2ccc(O)cc2)cc1. The Labute approximate surface area is 167 Å². The zero-order valence-electron chi connectivity index (χ0n) is 15.7. The highest BCUT2D eigenvalue weighted by atomic mass is 16.5. The summed E-state index contributed by atoms with van der Waals surface area (Å²) in [6, 6.07) is 19.8. The molecular weight excluding hydrogens is 372 g/mol. The van der Waals surface area contributed by atoms with E-state index in [1.807, 2.05) is 0 Å². The van der Waals surface area contributed by atoms with Gasteiger partial charge in [-0.2, -0.15) is 0 Å². The van der Waals surface area contributed by atoms with Crippen LogP contribution in [0.4, 0.5) is 5.69 Å². The van der Waals surface area contributed by atoms with Crippen LogP contribution in [-0.4, -0.2) is 30.6 Å². The second-order valence-electron chi connectivity index (χ2n) is 6.05. The van der Waals surface area contributed by atoms with Gasteiger partial charge < -0.3 is 25.2 Å². The van der Waals surface area contributed by atoms with Crippen molar-refractivity contribution < 1.29 is 24.2 Å². The zero-order chi connectivity index (χ0) is 20.6. The number of phenolic OH excluding ortho intramolecular Hbond substituents is 1. The van der Waals surface area contributed by atoms with Crippen LogP contribution >= 0.6 is 0 Å². The Balaban J connectivity index is 1.60. The van der Waals surface area contributed by atoms with E-state index >= 15 is 0 Å². The van der Waals surface area contributed by atoms with Crippen LogP contribution in [0.25, 0.3) is 0 Å². The van der Waals surface area contributed by atoms with Crippen molar-refractivity contribution in [2.24, 2.45) is 0 Å². The topological polar surface area (TPSA) is 96.9 Å². The molecule has 0 atom stereocenters. The Hall–Kier alpha value is -4.00. The van der Waals surface area contributed by atoms with Gasteiger partial charge in [-0.3, -0.25) is 9.59 Å². The molecule has 2 amide bonds. The lowest BCUT2D eigenvalue weighted by Gasteiger charge is -2.13. The van der Waals surface area contributed by atoms with E-state index in [1.54, 1.807) is 55.6 Å². The molecule has 0 heterocycles. The molecule has 3 aromatic carbocycles. The smallest absolute Gasteiger partial charge is 0.251 e. The summed E-state index contributed by atoms with van der Waals surface area (Å²) in [5, 5.41) is 14.5. The van der Waals surface area contributed by atoms with Crippen molar-refractivity contribution in [1.82, 2.24) is 5.32 Å². The fourth-order valence-corrected chi connectivity index (χ4v) is 2.50. The molecule has 0 aliphatic rings. The van der Waals surface area contributed by atoms with Crippen molar-refractivity contribution in [3.05, 3.63) is 78.4 Å². The molecule has 148 valence electrons. The van der Waals surface area contributed by atoms with E-state index in [2.05, 4.69) is 10.6 Å². The maximum absolute atomic E-state index is 12.3. The van der Waals surface area contributed by atoms with Crippen LogP contribution in [0.15, 0.2) is 72.8 Å². The Morgan fingerprint density at radius 2 is 1.55 bits per heavy atom. The summed E-state index contributed by atoms with van der Waals surface area (Å²) < 4.78 is 11.0. The minimum atomic E-state index is -0.414. The number of para-hydroxylation sites is 2. The van der Waals surface area contributed by atoms with E-state index < -0.39 is 11.8 Å².